The molecule has 32 heavy (non-hydrogen) atoms. The molecule has 11 nitrogen and oxygen atoms in total. The average molecular weight is 433 g/mol. The highest BCUT2D eigenvalue weighted by atomic mass is 16.7. The number of rotatable bonds is 6. The molecular weight excluding hydrogens is 414 g/mol. The number of amides is 2. The first-order valence-electron chi connectivity index (χ1n) is 10.3. The smallest absolute Gasteiger partial charge is 0.254 e. The number of benzene rings is 1. The molecule has 6 rings (SSSR count). The van der Waals surface area contributed by atoms with E-state index < -0.39 is 0 Å². The molecule has 0 spiro atoms. The largest absolute Gasteiger partial charge is 0.454 e. The Bertz CT molecular complexity index is 1290. The van der Waals surface area contributed by atoms with Crippen molar-refractivity contribution in [2.75, 3.05) is 17.4 Å². The second kappa shape index (κ2) is 7.22. The van der Waals surface area contributed by atoms with Crippen molar-refractivity contribution in [2.45, 2.75) is 31.8 Å². The van der Waals surface area contributed by atoms with Gasteiger partial charge in [-0.3, -0.25) is 14.9 Å². The molecule has 0 atom stereocenters. The quantitative estimate of drug-likeness (QED) is 0.390. The first kappa shape index (κ1) is 18.6. The molecule has 2 amide bonds. The molecule has 2 aromatic heterocycles. The second-order valence-electron chi connectivity index (χ2n) is 7.89. The van der Waals surface area contributed by atoms with E-state index in [4.69, 9.17) is 9.47 Å². The van der Waals surface area contributed by atoms with Crippen molar-refractivity contribution in [2.24, 2.45) is 0 Å². The van der Waals surface area contributed by atoms with Crippen molar-refractivity contribution >= 4 is 35.4 Å². The van der Waals surface area contributed by atoms with Crippen LogP contribution in [0.15, 0.2) is 30.0 Å². The van der Waals surface area contributed by atoms with Crippen LogP contribution < -0.4 is 25.4 Å². The maximum absolute atomic E-state index is 12.0. The third-order valence-corrected chi connectivity index (χ3v) is 5.42. The summed E-state index contributed by atoms with van der Waals surface area (Å²) >= 11 is 0. The van der Waals surface area contributed by atoms with Crippen molar-refractivity contribution in [3.8, 4) is 11.5 Å². The molecule has 1 saturated carbocycles. The predicted octanol–water partition coefficient (Wildman–Crippen LogP) is 1.47. The minimum absolute atomic E-state index is 0.0453. The van der Waals surface area contributed by atoms with Gasteiger partial charge in [-0.1, -0.05) is 6.07 Å². The van der Waals surface area contributed by atoms with Crippen LogP contribution in [0, 0.1) is 0 Å². The Kier molecular flexibility index (Phi) is 4.20. The molecular formula is C21H19N7O4. The van der Waals surface area contributed by atoms with E-state index in [0.717, 1.165) is 24.2 Å². The van der Waals surface area contributed by atoms with Gasteiger partial charge in [0.25, 0.3) is 5.91 Å². The van der Waals surface area contributed by atoms with Gasteiger partial charge in [0.05, 0.1) is 12.6 Å². The lowest BCUT2D eigenvalue weighted by atomic mass is 10.1. The number of nitrogens with zero attached hydrogens (tertiary/aromatic N) is 4. The fraction of sp³-hybridized carbons (Fsp3) is 0.286. The number of aromatic nitrogens is 4. The third kappa shape index (κ3) is 3.47. The molecule has 0 bridgehead atoms. The Balaban J connectivity index is 1.32. The number of carbonyl (C=O) groups is 2. The molecule has 11 heteroatoms. The molecule has 1 aromatic carbocycles. The lowest BCUT2D eigenvalue weighted by Crippen LogP contribution is -2.19. The van der Waals surface area contributed by atoms with Crippen LogP contribution in [0.2, 0.25) is 0 Å². The molecule has 3 aliphatic rings. The van der Waals surface area contributed by atoms with Gasteiger partial charge in [-0.05, 0) is 36.6 Å². The Morgan fingerprint density at radius 1 is 1.19 bits per heavy atom. The van der Waals surface area contributed by atoms with Gasteiger partial charge in [0, 0.05) is 23.7 Å². The molecule has 1 aliphatic carbocycles. The lowest BCUT2D eigenvalue weighted by Gasteiger charge is -2.10. The van der Waals surface area contributed by atoms with Crippen LogP contribution in [-0.2, 0) is 16.1 Å². The topological polar surface area (TPSA) is 132 Å². The zero-order valence-corrected chi connectivity index (χ0v) is 16.9. The molecule has 3 N–H and O–H groups in total. The molecule has 0 radical (unpaired) electrons. The van der Waals surface area contributed by atoms with Crippen molar-refractivity contribution in [1.29, 1.82) is 0 Å². The van der Waals surface area contributed by atoms with Gasteiger partial charge in [-0.2, -0.15) is 19.6 Å². The van der Waals surface area contributed by atoms with Gasteiger partial charge >= 0.3 is 0 Å². The maximum Gasteiger partial charge on any atom is 0.254 e. The summed E-state index contributed by atoms with van der Waals surface area (Å²) < 4.78 is 12.4. The first-order valence-corrected chi connectivity index (χ1v) is 10.3. The number of ether oxygens (including phenoxy) is 2. The zero-order chi connectivity index (χ0) is 21.7. The highest BCUT2D eigenvalue weighted by Crippen LogP contribution is 2.32. The second-order valence-corrected chi connectivity index (χ2v) is 7.89. The maximum atomic E-state index is 12.0. The fourth-order valence-electron chi connectivity index (χ4n) is 3.62. The average Bonchev–Trinajstić information content (AvgIpc) is 3.16. The number of hydrogen-bond donors (Lipinski definition) is 3. The van der Waals surface area contributed by atoms with Gasteiger partial charge in [-0.25, -0.2) is 0 Å². The van der Waals surface area contributed by atoms with E-state index in [1.54, 1.807) is 16.8 Å². The van der Waals surface area contributed by atoms with E-state index in [1.165, 1.54) is 0 Å². The highest BCUT2D eigenvalue weighted by Gasteiger charge is 2.26. The van der Waals surface area contributed by atoms with Gasteiger partial charge in [0.15, 0.2) is 17.1 Å². The standard InChI is InChI=1S/C21H19N7O4/c29-17-7-12(19(30)25-17)6-13-9-23-28-18(13)26-20(27-21(28)24-14-2-3-14)22-8-11-1-4-15-16(5-11)32-10-31-15/h1,4-6,9,14H,2-3,7-8,10H2,(H,25,29,30)(H2,22,24,26,27)/b12-6+. The van der Waals surface area contributed by atoms with Crippen LogP contribution in [0.3, 0.4) is 0 Å². The summed E-state index contributed by atoms with van der Waals surface area (Å²) in [6, 6.07) is 6.10. The highest BCUT2D eigenvalue weighted by molar-refractivity contribution is 6.15. The summed E-state index contributed by atoms with van der Waals surface area (Å²) in [5, 5.41) is 13.3. The monoisotopic (exact) mass is 433 g/mol. The molecule has 0 unspecified atom stereocenters. The van der Waals surface area contributed by atoms with Crippen LogP contribution in [0.4, 0.5) is 11.9 Å². The van der Waals surface area contributed by atoms with Crippen molar-refractivity contribution in [1.82, 2.24) is 24.9 Å². The van der Waals surface area contributed by atoms with Gasteiger partial charge in [0.1, 0.15) is 0 Å². The summed E-state index contributed by atoms with van der Waals surface area (Å²) in [6.07, 6.45) is 5.46. The van der Waals surface area contributed by atoms with Gasteiger partial charge in [0.2, 0.25) is 24.6 Å². The van der Waals surface area contributed by atoms with Crippen molar-refractivity contribution < 1.29 is 19.1 Å². The van der Waals surface area contributed by atoms with Crippen LogP contribution in [0.1, 0.15) is 30.4 Å². The Labute approximate surface area is 181 Å². The van der Waals surface area contributed by atoms with Crippen LogP contribution in [0.25, 0.3) is 11.7 Å². The van der Waals surface area contributed by atoms with Crippen LogP contribution in [0.5, 0.6) is 11.5 Å². The van der Waals surface area contributed by atoms with Crippen molar-refractivity contribution in [3.63, 3.8) is 0 Å². The number of imide groups is 1. The van der Waals surface area contributed by atoms with Gasteiger partial charge in [-0.15, -0.1) is 0 Å². The molecule has 1 saturated heterocycles. The predicted molar refractivity (Wildman–Crippen MR) is 113 cm³/mol. The summed E-state index contributed by atoms with van der Waals surface area (Å²) in [5.41, 5.74) is 2.55. The van der Waals surface area contributed by atoms with E-state index in [-0.39, 0.29) is 25.0 Å². The van der Waals surface area contributed by atoms with Crippen LogP contribution in [-0.4, -0.2) is 44.2 Å². The number of carbonyl (C=O) groups excluding carboxylic acids is 2. The van der Waals surface area contributed by atoms with Crippen LogP contribution >= 0.6 is 0 Å². The first-order chi connectivity index (χ1) is 15.6. The molecule has 3 aromatic rings. The number of anilines is 2. The molecule has 2 fully saturated rings. The van der Waals surface area contributed by atoms with E-state index >= 15 is 0 Å². The zero-order valence-electron chi connectivity index (χ0n) is 16.9. The third-order valence-electron chi connectivity index (χ3n) is 5.42. The van der Waals surface area contributed by atoms with E-state index in [2.05, 4.69) is 31.0 Å². The van der Waals surface area contributed by atoms with E-state index in [9.17, 15) is 9.59 Å². The molecule has 4 heterocycles. The lowest BCUT2D eigenvalue weighted by molar-refractivity contribution is -0.124. The molecule has 2 aliphatic heterocycles. The SMILES string of the molecule is O=C1C/C(=C\c2cnn3c(NC4CC4)nc(NCc4ccc5c(c4)OCO5)nc23)C(=O)N1. The minimum Gasteiger partial charge on any atom is -0.454 e. The molecule has 162 valence electrons. The van der Waals surface area contributed by atoms with E-state index in [0.29, 0.717) is 47.0 Å². The number of fused-ring (bicyclic) bond motifs is 2. The Hall–Kier alpha value is -4.15. The Morgan fingerprint density at radius 2 is 2.06 bits per heavy atom. The Morgan fingerprint density at radius 3 is 2.88 bits per heavy atom. The number of nitrogens with one attached hydrogen (secondary N) is 3. The van der Waals surface area contributed by atoms with E-state index in [1.807, 2.05) is 18.2 Å². The normalized spacial score (nSPS) is 18.4. The van der Waals surface area contributed by atoms with Crippen molar-refractivity contribution in [3.05, 3.63) is 41.1 Å². The summed E-state index contributed by atoms with van der Waals surface area (Å²) in [6.45, 7) is 0.711. The van der Waals surface area contributed by atoms with Gasteiger partial charge < -0.3 is 20.1 Å². The fourth-order valence-corrected chi connectivity index (χ4v) is 3.62. The summed E-state index contributed by atoms with van der Waals surface area (Å²) in [5.74, 6) is 1.74. The summed E-state index contributed by atoms with van der Waals surface area (Å²) in [4.78, 5) is 32.7. The summed E-state index contributed by atoms with van der Waals surface area (Å²) in [7, 11) is 0. The number of hydrogen-bond acceptors (Lipinski definition) is 9. The minimum atomic E-state index is -0.388.